The molecule has 2 amide bonds. The second kappa shape index (κ2) is 5.74. The molecule has 1 heterocycles. The van der Waals surface area contributed by atoms with E-state index in [0.717, 1.165) is 0 Å². The second-order valence-electron chi connectivity index (χ2n) is 5.23. The van der Waals surface area contributed by atoms with Crippen molar-refractivity contribution < 1.29 is 9.59 Å². The molecule has 1 saturated heterocycles. The molecule has 0 aliphatic carbocycles. The Bertz CT molecular complexity index is 562. The monoisotopic (exact) mass is 358 g/mol. The van der Waals surface area contributed by atoms with Crippen LogP contribution in [0.5, 0.6) is 0 Å². The van der Waals surface area contributed by atoms with Crippen LogP contribution in [-0.2, 0) is 9.59 Å². The van der Waals surface area contributed by atoms with Gasteiger partial charge in [0.15, 0.2) is 0 Å². The van der Waals surface area contributed by atoms with Crippen LogP contribution in [0.4, 0.5) is 5.69 Å². The zero-order chi connectivity index (χ0) is 15.0. The molecule has 1 fully saturated rings. The van der Waals surface area contributed by atoms with E-state index in [4.69, 9.17) is 11.6 Å². The first kappa shape index (κ1) is 15.3. The van der Waals surface area contributed by atoms with Crippen LogP contribution >= 0.6 is 27.5 Å². The van der Waals surface area contributed by atoms with Crippen LogP contribution in [0.25, 0.3) is 0 Å². The number of piperazine rings is 1. The minimum atomic E-state index is -0.521. The number of carbonyl (C=O) groups is 2. The number of anilines is 1. The fraction of sp³-hybridized carbons (Fsp3) is 0.429. The van der Waals surface area contributed by atoms with Gasteiger partial charge in [-0.15, -0.1) is 0 Å². The molecule has 2 atom stereocenters. The van der Waals surface area contributed by atoms with E-state index in [1.807, 2.05) is 13.8 Å². The van der Waals surface area contributed by atoms with Gasteiger partial charge in [-0.3, -0.25) is 14.5 Å². The molecule has 1 N–H and O–H groups in total. The van der Waals surface area contributed by atoms with Crippen LogP contribution in [-0.4, -0.2) is 23.9 Å². The first-order chi connectivity index (χ1) is 9.32. The number of nitrogens with zero attached hydrogens (tertiary/aromatic N) is 1. The van der Waals surface area contributed by atoms with E-state index in [2.05, 4.69) is 21.2 Å². The van der Waals surface area contributed by atoms with Crippen molar-refractivity contribution >= 4 is 45.0 Å². The third kappa shape index (κ3) is 2.69. The van der Waals surface area contributed by atoms with Crippen LogP contribution < -0.4 is 10.2 Å². The minimum absolute atomic E-state index is 0.0147. The van der Waals surface area contributed by atoms with Gasteiger partial charge in [0.05, 0.1) is 5.02 Å². The smallest absolute Gasteiger partial charge is 0.250 e. The summed E-state index contributed by atoms with van der Waals surface area (Å²) >= 11 is 9.33. The molecule has 1 aromatic rings. The lowest BCUT2D eigenvalue weighted by molar-refractivity contribution is -0.134. The van der Waals surface area contributed by atoms with Gasteiger partial charge >= 0.3 is 0 Å². The van der Waals surface area contributed by atoms with Crippen molar-refractivity contribution in [1.29, 1.82) is 0 Å². The van der Waals surface area contributed by atoms with Crippen molar-refractivity contribution in [3.05, 3.63) is 27.7 Å². The van der Waals surface area contributed by atoms with Crippen LogP contribution in [0.1, 0.15) is 20.8 Å². The van der Waals surface area contributed by atoms with Crippen molar-refractivity contribution in [3.8, 4) is 0 Å². The molecular weight excluding hydrogens is 344 g/mol. The highest BCUT2D eigenvalue weighted by Crippen LogP contribution is 2.31. The predicted molar refractivity (Wildman–Crippen MR) is 82.9 cm³/mol. The number of carbonyl (C=O) groups excluding carboxylic acids is 2. The number of hydrogen-bond donors (Lipinski definition) is 1. The SMILES string of the molecule is CC1NC(=O)C(C(C)C)N(c2ccc(Cl)c(Br)c2)C1=O. The average Bonchev–Trinajstić information content (AvgIpc) is 2.36. The van der Waals surface area contributed by atoms with E-state index in [1.54, 1.807) is 30.0 Å². The lowest BCUT2D eigenvalue weighted by Gasteiger charge is -2.40. The first-order valence-corrected chi connectivity index (χ1v) is 7.58. The summed E-state index contributed by atoms with van der Waals surface area (Å²) in [5.74, 6) is -0.225. The third-order valence-electron chi connectivity index (χ3n) is 3.33. The normalized spacial score (nSPS) is 23.2. The zero-order valence-electron chi connectivity index (χ0n) is 11.5. The molecule has 2 unspecified atom stereocenters. The summed E-state index contributed by atoms with van der Waals surface area (Å²) in [6.07, 6.45) is 0. The molecule has 0 spiro atoms. The van der Waals surface area contributed by atoms with Crippen molar-refractivity contribution in [1.82, 2.24) is 5.32 Å². The van der Waals surface area contributed by atoms with E-state index in [9.17, 15) is 9.59 Å². The Morgan fingerprint density at radius 3 is 2.55 bits per heavy atom. The fourth-order valence-electron chi connectivity index (χ4n) is 2.35. The highest BCUT2D eigenvalue weighted by molar-refractivity contribution is 9.10. The molecule has 0 aromatic heterocycles. The van der Waals surface area contributed by atoms with Crippen molar-refractivity contribution in [2.75, 3.05) is 4.90 Å². The molecule has 1 aromatic carbocycles. The zero-order valence-corrected chi connectivity index (χ0v) is 13.8. The predicted octanol–water partition coefficient (Wildman–Crippen LogP) is 2.98. The van der Waals surface area contributed by atoms with E-state index in [0.29, 0.717) is 15.2 Å². The van der Waals surface area contributed by atoms with Gasteiger partial charge in [0, 0.05) is 10.2 Å². The van der Waals surface area contributed by atoms with Gasteiger partial charge in [-0.1, -0.05) is 25.4 Å². The van der Waals surface area contributed by atoms with Crippen LogP contribution in [0.3, 0.4) is 0 Å². The van der Waals surface area contributed by atoms with Crippen LogP contribution in [0, 0.1) is 5.92 Å². The Morgan fingerprint density at radius 2 is 2.00 bits per heavy atom. The Hall–Kier alpha value is -1.07. The highest BCUT2D eigenvalue weighted by Gasteiger charge is 2.41. The second-order valence-corrected chi connectivity index (χ2v) is 6.49. The number of benzene rings is 1. The summed E-state index contributed by atoms with van der Waals surface area (Å²) < 4.78 is 0.700. The maximum atomic E-state index is 12.4. The average molecular weight is 360 g/mol. The fourth-order valence-corrected chi connectivity index (χ4v) is 2.83. The summed E-state index contributed by atoms with van der Waals surface area (Å²) in [7, 11) is 0. The van der Waals surface area contributed by atoms with Gasteiger partial charge in [-0.05, 0) is 47.0 Å². The number of halogens is 2. The standard InChI is InChI=1S/C14H16BrClN2O2/c1-7(2)12-13(19)17-8(3)14(20)18(12)9-4-5-11(16)10(15)6-9/h4-8,12H,1-3H3,(H,17,19). The Morgan fingerprint density at radius 1 is 1.35 bits per heavy atom. The Kier molecular flexibility index (Phi) is 4.39. The number of hydrogen-bond acceptors (Lipinski definition) is 2. The molecule has 2 rings (SSSR count). The molecule has 1 aliphatic heterocycles. The van der Waals surface area contributed by atoms with E-state index in [1.165, 1.54) is 0 Å². The van der Waals surface area contributed by atoms with Crippen molar-refractivity contribution in [2.24, 2.45) is 5.92 Å². The molecule has 20 heavy (non-hydrogen) atoms. The van der Waals surface area contributed by atoms with E-state index in [-0.39, 0.29) is 17.7 Å². The summed E-state index contributed by atoms with van der Waals surface area (Å²) in [4.78, 5) is 26.2. The minimum Gasteiger partial charge on any atom is -0.343 e. The summed E-state index contributed by atoms with van der Waals surface area (Å²) in [6.45, 7) is 5.53. The molecule has 0 saturated carbocycles. The van der Waals surface area contributed by atoms with E-state index >= 15 is 0 Å². The molecule has 108 valence electrons. The number of amides is 2. The van der Waals surface area contributed by atoms with Gasteiger partial charge in [0.2, 0.25) is 11.8 Å². The lowest BCUT2D eigenvalue weighted by atomic mass is 9.96. The van der Waals surface area contributed by atoms with E-state index < -0.39 is 12.1 Å². The van der Waals surface area contributed by atoms with Gasteiger partial charge in [-0.25, -0.2) is 0 Å². The Balaban J connectivity index is 2.49. The van der Waals surface area contributed by atoms with Crippen LogP contribution in [0.15, 0.2) is 22.7 Å². The first-order valence-electron chi connectivity index (χ1n) is 6.41. The van der Waals surface area contributed by atoms with Crippen molar-refractivity contribution in [3.63, 3.8) is 0 Å². The molecule has 6 heteroatoms. The maximum Gasteiger partial charge on any atom is 0.250 e. The van der Waals surface area contributed by atoms with Crippen molar-refractivity contribution in [2.45, 2.75) is 32.9 Å². The van der Waals surface area contributed by atoms with Gasteiger partial charge in [0.25, 0.3) is 0 Å². The quantitative estimate of drug-likeness (QED) is 0.882. The topological polar surface area (TPSA) is 49.4 Å². The number of rotatable bonds is 2. The molecular formula is C14H16BrClN2O2. The molecule has 4 nitrogen and oxygen atoms in total. The number of nitrogens with one attached hydrogen (secondary N) is 1. The molecule has 0 radical (unpaired) electrons. The molecule has 0 bridgehead atoms. The third-order valence-corrected chi connectivity index (χ3v) is 4.54. The summed E-state index contributed by atoms with van der Waals surface area (Å²) in [5, 5.41) is 3.28. The van der Waals surface area contributed by atoms with Gasteiger partial charge in [-0.2, -0.15) is 0 Å². The summed E-state index contributed by atoms with van der Waals surface area (Å²) in [6, 6.07) is 4.20. The molecule has 1 aliphatic rings. The lowest BCUT2D eigenvalue weighted by Crippen LogP contribution is -2.64. The highest BCUT2D eigenvalue weighted by atomic mass is 79.9. The maximum absolute atomic E-state index is 12.4. The van der Waals surface area contributed by atoms with Gasteiger partial charge < -0.3 is 5.32 Å². The van der Waals surface area contributed by atoms with Gasteiger partial charge in [0.1, 0.15) is 12.1 Å². The van der Waals surface area contributed by atoms with Crippen LogP contribution in [0.2, 0.25) is 5.02 Å². The summed E-state index contributed by atoms with van der Waals surface area (Å²) in [5.41, 5.74) is 0.673. The Labute approximate surface area is 131 Å². The largest absolute Gasteiger partial charge is 0.343 e.